The normalized spacial score (nSPS) is 25.5. The summed E-state index contributed by atoms with van der Waals surface area (Å²) in [5, 5.41) is 0. The topological polar surface area (TPSA) is 32.7 Å². The fraction of sp³-hybridized carbons (Fsp3) is 0.714. The van der Waals surface area contributed by atoms with Gasteiger partial charge in [0.2, 0.25) is 5.91 Å². The van der Waals surface area contributed by atoms with Crippen LogP contribution in [0.25, 0.3) is 0 Å². The molecule has 0 aromatic heterocycles. The number of nitrogens with zero attached hydrogens (tertiary/aromatic N) is 2. The van der Waals surface area contributed by atoms with E-state index in [0.717, 1.165) is 23.2 Å². The number of aliphatic imine (C=N–C) groups is 1. The average Bonchev–Trinajstić information content (AvgIpc) is 1.95. The third-order valence-electron chi connectivity index (χ3n) is 1.67. The van der Waals surface area contributed by atoms with Gasteiger partial charge in [-0.1, -0.05) is 0 Å². The van der Waals surface area contributed by atoms with Crippen LogP contribution in [0.1, 0.15) is 19.3 Å². The standard InChI is InChI=1S/C7H11IN2O/c1-10-5-3-2-4-6(11)9-7(10)8/h2-5H2,1H3/b9-7-. The summed E-state index contributed by atoms with van der Waals surface area (Å²) in [5.74, 6) is 0.0148. The summed E-state index contributed by atoms with van der Waals surface area (Å²) in [5.41, 5.74) is 0. The molecule has 0 atom stereocenters. The number of rotatable bonds is 0. The van der Waals surface area contributed by atoms with Gasteiger partial charge in [0.15, 0.2) is 3.84 Å². The molecule has 0 radical (unpaired) electrons. The van der Waals surface area contributed by atoms with Gasteiger partial charge in [0.05, 0.1) is 0 Å². The fourth-order valence-electron chi connectivity index (χ4n) is 0.962. The molecule has 1 aliphatic heterocycles. The monoisotopic (exact) mass is 266 g/mol. The Morgan fingerprint density at radius 3 is 3.00 bits per heavy atom. The molecule has 4 heteroatoms. The SMILES string of the molecule is CN1CCCCC(=O)/N=C\1I. The molecule has 0 aromatic rings. The van der Waals surface area contributed by atoms with Crippen molar-refractivity contribution in [3.05, 3.63) is 0 Å². The van der Waals surface area contributed by atoms with Crippen LogP contribution in [0.2, 0.25) is 0 Å². The number of amidine groups is 1. The summed E-state index contributed by atoms with van der Waals surface area (Å²) >= 11 is 2.10. The molecule has 1 heterocycles. The summed E-state index contributed by atoms with van der Waals surface area (Å²) in [7, 11) is 1.96. The van der Waals surface area contributed by atoms with Crippen LogP contribution in [0.4, 0.5) is 0 Å². The predicted molar refractivity (Wildman–Crippen MR) is 52.9 cm³/mol. The molecule has 11 heavy (non-hydrogen) atoms. The van der Waals surface area contributed by atoms with Crippen molar-refractivity contribution in [2.45, 2.75) is 19.3 Å². The van der Waals surface area contributed by atoms with Crippen molar-refractivity contribution in [1.29, 1.82) is 0 Å². The van der Waals surface area contributed by atoms with E-state index in [9.17, 15) is 4.79 Å². The Hall–Kier alpha value is -0.130. The zero-order chi connectivity index (χ0) is 8.27. The van der Waals surface area contributed by atoms with Crippen LogP contribution in [-0.4, -0.2) is 28.2 Å². The summed E-state index contributed by atoms with van der Waals surface area (Å²) < 4.78 is 0.812. The smallest absolute Gasteiger partial charge is 0.248 e. The van der Waals surface area contributed by atoms with Crippen molar-refractivity contribution >= 4 is 32.3 Å². The summed E-state index contributed by atoms with van der Waals surface area (Å²) in [6.07, 6.45) is 2.67. The molecular formula is C7H11IN2O. The number of halogens is 1. The second kappa shape index (κ2) is 4.04. The zero-order valence-electron chi connectivity index (χ0n) is 6.51. The molecule has 62 valence electrons. The maximum absolute atomic E-state index is 11.0. The maximum atomic E-state index is 11.0. The van der Waals surface area contributed by atoms with Crippen molar-refractivity contribution in [2.75, 3.05) is 13.6 Å². The molecule has 0 spiro atoms. The van der Waals surface area contributed by atoms with E-state index in [2.05, 4.69) is 27.6 Å². The lowest BCUT2D eigenvalue weighted by atomic mass is 10.2. The highest BCUT2D eigenvalue weighted by Crippen LogP contribution is 2.08. The van der Waals surface area contributed by atoms with Gasteiger partial charge in [-0.05, 0) is 35.4 Å². The van der Waals surface area contributed by atoms with E-state index in [0.29, 0.717) is 6.42 Å². The molecule has 0 aliphatic carbocycles. The predicted octanol–water partition coefficient (Wildman–Crippen LogP) is 1.42. The third kappa shape index (κ3) is 2.76. The van der Waals surface area contributed by atoms with E-state index in [1.165, 1.54) is 0 Å². The zero-order valence-corrected chi connectivity index (χ0v) is 8.67. The number of carbonyl (C=O) groups is 1. The molecule has 0 saturated carbocycles. The lowest BCUT2D eigenvalue weighted by molar-refractivity contribution is -0.118. The van der Waals surface area contributed by atoms with Crippen molar-refractivity contribution in [3.63, 3.8) is 0 Å². The van der Waals surface area contributed by atoms with Crippen molar-refractivity contribution in [2.24, 2.45) is 4.99 Å². The van der Waals surface area contributed by atoms with Crippen LogP contribution in [-0.2, 0) is 4.79 Å². The van der Waals surface area contributed by atoms with Crippen molar-refractivity contribution in [3.8, 4) is 0 Å². The van der Waals surface area contributed by atoms with Crippen LogP contribution in [0.3, 0.4) is 0 Å². The van der Waals surface area contributed by atoms with Gasteiger partial charge in [0.25, 0.3) is 0 Å². The first kappa shape index (κ1) is 8.96. The van der Waals surface area contributed by atoms with Crippen molar-refractivity contribution in [1.82, 2.24) is 4.90 Å². The van der Waals surface area contributed by atoms with Crippen LogP contribution in [0.5, 0.6) is 0 Å². The Labute approximate surface area is 80.0 Å². The van der Waals surface area contributed by atoms with E-state index < -0.39 is 0 Å². The molecule has 0 aromatic carbocycles. The largest absolute Gasteiger partial charge is 0.355 e. The molecule has 1 amide bonds. The fourth-order valence-corrected chi connectivity index (χ4v) is 1.47. The van der Waals surface area contributed by atoms with E-state index in [4.69, 9.17) is 0 Å². The number of hydrogen-bond donors (Lipinski definition) is 0. The van der Waals surface area contributed by atoms with E-state index in [-0.39, 0.29) is 5.91 Å². The first-order valence-electron chi connectivity index (χ1n) is 3.68. The quantitative estimate of drug-likeness (QED) is 0.490. The highest BCUT2D eigenvalue weighted by atomic mass is 127. The minimum Gasteiger partial charge on any atom is -0.355 e. The first-order chi connectivity index (χ1) is 5.20. The number of carbonyl (C=O) groups excluding carboxylic acids is 1. The third-order valence-corrected chi connectivity index (χ3v) is 2.73. The number of amides is 1. The Morgan fingerprint density at radius 1 is 1.55 bits per heavy atom. The van der Waals surface area contributed by atoms with Gasteiger partial charge >= 0.3 is 0 Å². The molecular weight excluding hydrogens is 255 g/mol. The number of hydrogen-bond acceptors (Lipinski definition) is 2. The highest BCUT2D eigenvalue weighted by molar-refractivity contribution is 14.1. The van der Waals surface area contributed by atoms with Gasteiger partial charge in [-0.15, -0.1) is 0 Å². The van der Waals surface area contributed by atoms with E-state index in [1.54, 1.807) is 0 Å². The van der Waals surface area contributed by atoms with E-state index >= 15 is 0 Å². The molecule has 0 saturated heterocycles. The lowest BCUT2D eigenvalue weighted by Gasteiger charge is -2.18. The lowest BCUT2D eigenvalue weighted by Crippen LogP contribution is -2.25. The molecule has 0 fully saturated rings. The van der Waals surface area contributed by atoms with Crippen LogP contribution in [0, 0.1) is 0 Å². The first-order valence-corrected chi connectivity index (χ1v) is 4.76. The van der Waals surface area contributed by atoms with Crippen molar-refractivity contribution < 1.29 is 4.79 Å². The molecule has 1 aliphatic rings. The highest BCUT2D eigenvalue weighted by Gasteiger charge is 2.09. The van der Waals surface area contributed by atoms with Crippen LogP contribution in [0.15, 0.2) is 4.99 Å². The van der Waals surface area contributed by atoms with Gasteiger partial charge in [-0.2, -0.15) is 4.99 Å². The Bertz CT molecular complexity index is 191. The molecule has 1 rings (SSSR count). The molecule has 0 bridgehead atoms. The Kier molecular flexibility index (Phi) is 3.29. The van der Waals surface area contributed by atoms with E-state index in [1.807, 2.05) is 11.9 Å². The van der Waals surface area contributed by atoms with Gasteiger partial charge in [-0.3, -0.25) is 4.79 Å². The minimum absolute atomic E-state index is 0.0148. The summed E-state index contributed by atoms with van der Waals surface area (Å²) in [6.45, 7) is 1.01. The van der Waals surface area contributed by atoms with Gasteiger partial charge in [0.1, 0.15) is 0 Å². The minimum atomic E-state index is 0.0148. The summed E-state index contributed by atoms with van der Waals surface area (Å²) in [4.78, 5) is 16.9. The maximum Gasteiger partial charge on any atom is 0.248 e. The second-order valence-electron chi connectivity index (χ2n) is 2.65. The molecule has 3 nitrogen and oxygen atoms in total. The van der Waals surface area contributed by atoms with Crippen LogP contribution >= 0.6 is 22.6 Å². The van der Waals surface area contributed by atoms with Crippen LogP contribution < -0.4 is 0 Å². The Morgan fingerprint density at radius 2 is 2.27 bits per heavy atom. The second-order valence-corrected chi connectivity index (χ2v) is 3.62. The average molecular weight is 266 g/mol. The van der Waals surface area contributed by atoms with Gasteiger partial charge in [0, 0.05) is 20.0 Å². The molecule has 0 unspecified atom stereocenters. The molecule has 0 N–H and O–H groups in total. The van der Waals surface area contributed by atoms with Gasteiger partial charge < -0.3 is 4.90 Å². The summed E-state index contributed by atoms with van der Waals surface area (Å²) in [6, 6.07) is 0. The van der Waals surface area contributed by atoms with Gasteiger partial charge in [-0.25, -0.2) is 0 Å². The Balaban J connectivity index is 2.67.